The number of guanidine groups is 1. The van der Waals surface area contributed by atoms with Crippen LogP contribution in [0.15, 0.2) is 4.99 Å². The topological polar surface area (TPSA) is 92.3 Å². The van der Waals surface area contributed by atoms with Crippen molar-refractivity contribution < 1.29 is 17.9 Å². The highest BCUT2D eigenvalue weighted by atomic mass is 127. The molecule has 8 nitrogen and oxygen atoms in total. The molecule has 0 bridgehead atoms. The summed E-state index contributed by atoms with van der Waals surface area (Å²) in [5, 5.41) is 6.55. The Morgan fingerprint density at radius 1 is 1.14 bits per heavy atom. The van der Waals surface area contributed by atoms with Gasteiger partial charge in [0.2, 0.25) is 0 Å². The highest BCUT2D eigenvalue weighted by molar-refractivity contribution is 14.0. The van der Waals surface area contributed by atoms with Crippen LogP contribution in [0.5, 0.6) is 0 Å². The van der Waals surface area contributed by atoms with Gasteiger partial charge in [-0.1, -0.05) is 26.7 Å². The average molecular weight is 549 g/mol. The molecule has 0 aliphatic carbocycles. The third-order valence-electron chi connectivity index (χ3n) is 5.03. The summed E-state index contributed by atoms with van der Waals surface area (Å²) >= 11 is 0. The first kappa shape index (κ1) is 28.8. The third kappa shape index (κ3) is 13.0. The summed E-state index contributed by atoms with van der Waals surface area (Å²) in [6, 6.07) is 0.417. The van der Waals surface area contributed by atoms with Gasteiger partial charge in [0.1, 0.15) is 9.84 Å². The fraction of sp³-hybridized carbons (Fsp3) is 0.947. The van der Waals surface area contributed by atoms with Crippen LogP contribution in [0.3, 0.4) is 0 Å². The Labute approximate surface area is 194 Å². The molecule has 1 atom stereocenters. The van der Waals surface area contributed by atoms with E-state index in [2.05, 4.69) is 29.4 Å². The molecule has 2 N–H and O–H groups in total. The molecule has 29 heavy (non-hydrogen) atoms. The zero-order chi connectivity index (χ0) is 20.8. The number of hydrogen-bond donors (Lipinski definition) is 2. The van der Waals surface area contributed by atoms with Gasteiger partial charge < -0.3 is 20.1 Å². The Morgan fingerprint density at radius 3 is 2.34 bits per heavy atom. The fourth-order valence-electron chi connectivity index (χ4n) is 3.39. The summed E-state index contributed by atoms with van der Waals surface area (Å²) in [6.45, 7) is 12.9. The van der Waals surface area contributed by atoms with E-state index in [1.807, 2.05) is 6.92 Å². The molecule has 1 heterocycles. The summed E-state index contributed by atoms with van der Waals surface area (Å²) in [6.07, 6.45) is 3.51. The Balaban J connectivity index is 0.00000784. The first-order chi connectivity index (χ1) is 13.4. The molecule has 10 heteroatoms. The van der Waals surface area contributed by atoms with Crippen molar-refractivity contribution in [2.45, 2.75) is 39.7 Å². The number of aliphatic imine (C=N–C) groups is 1. The highest BCUT2D eigenvalue weighted by Crippen LogP contribution is 2.20. The normalized spacial score (nSPS) is 17.1. The van der Waals surface area contributed by atoms with Crippen LogP contribution in [0.2, 0.25) is 0 Å². The van der Waals surface area contributed by atoms with Crippen LogP contribution in [-0.2, 0) is 19.3 Å². The Kier molecular flexibility index (Phi) is 16.4. The predicted octanol–water partition coefficient (Wildman–Crippen LogP) is 1.36. The van der Waals surface area contributed by atoms with Crippen LogP contribution in [-0.4, -0.2) is 96.5 Å². The quantitative estimate of drug-likeness (QED) is 0.156. The summed E-state index contributed by atoms with van der Waals surface area (Å²) in [4.78, 5) is 7.34. The number of hydrogen-bond acceptors (Lipinski definition) is 6. The maximum atomic E-state index is 11.1. The number of halogens is 1. The molecule has 0 spiro atoms. The largest absolute Gasteiger partial charge is 0.379 e. The van der Waals surface area contributed by atoms with Gasteiger partial charge in [0.15, 0.2) is 5.96 Å². The standard InChI is InChI=1S/C19H40N4O4S.HI/c1-5-17(6-2)18(23-9-12-27-13-10-23)16-22-19(20-7-3)21-8-11-26-14-15-28(4,24)25;/h17-18H,5-16H2,1-4H3,(H2,20,21,22);1H. The zero-order valence-electron chi connectivity index (χ0n) is 18.5. The minimum Gasteiger partial charge on any atom is -0.379 e. The second-order valence-electron chi connectivity index (χ2n) is 7.18. The van der Waals surface area contributed by atoms with Crippen LogP contribution in [0.25, 0.3) is 0 Å². The van der Waals surface area contributed by atoms with E-state index in [1.165, 1.54) is 6.26 Å². The Morgan fingerprint density at radius 2 is 1.79 bits per heavy atom. The smallest absolute Gasteiger partial charge is 0.191 e. The van der Waals surface area contributed by atoms with E-state index < -0.39 is 9.84 Å². The van der Waals surface area contributed by atoms with Crippen LogP contribution in [0.4, 0.5) is 0 Å². The van der Waals surface area contributed by atoms with Gasteiger partial charge in [0, 0.05) is 38.5 Å². The molecule has 0 aromatic rings. The van der Waals surface area contributed by atoms with Gasteiger partial charge in [0.05, 0.1) is 38.7 Å². The number of morpholine rings is 1. The number of ether oxygens (including phenoxy) is 2. The summed E-state index contributed by atoms with van der Waals surface area (Å²) in [7, 11) is -2.97. The molecular formula is C19H41IN4O4S. The van der Waals surface area contributed by atoms with Gasteiger partial charge in [-0.3, -0.25) is 9.89 Å². The number of sulfone groups is 1. The lowest BCUT2D eigenvalue weighted by Crippen LogP contribution is -2.49. The minimum atomic E-state index is -2.97. The van der Waals surface area contributed by atoms with Crippen molar-refractivity contribution >= 4 is 39.8 Å². The lowest BCUT2D eigenvalue weighted by atomic mass is 9.92. The molecule has 0 saturated carbocycles. The van der Waals surface area contributed by atoms with E-state index in [0.717, 1.165) is 58.2 Å². The fourth-order valence-corrected chi connectivity index (χ4v) is 3.81. The second kappa shape index (κ2) is 16.5. The number of nitrogens with zero attached hydrogens (tertiary/aromatic N) is 2. The van der Waals surface area contributed by atoms with Crippen molar-refractivity contribution in [1.29, 1.82) is 0 Å². The molecule has 0 aromatic carbocycles. The van der Waals surface area contributed by atoms with Crippen molar-refractivity contribution in [2.75, 3.05) is 71.2 Å². The van der Waals surface area contributed by atoms with E-state index in [9.17, 15) is 8.42 Å². The summed E-state index contributed by atoms with van der Waals surface area (Å²) < 4.78 is 33.1. The van der Waals surface area contributed by atoms with Gasteiger partial charge in [0.25, 0.3) is 0 Å². The van der Waals surface area contributed by atoms with Crippen LogP contribution in [0, 0.1) is 5.92 Å². The maximum Gasteiger partial charge on any atom is 0.191 e. The minimum absolute atomic E-state index is 0. The van der Waals surface area contributed by atoms with Gasteiger partial charge in [-0.25, -0.2) is 8.42 Å². The molecule has 0 radical (unpaired) electrons. The van der Waals surface area contributed by atoms with Crippen LogP contribution < -0.4 is 10.6 Å². The van der Waals surface area contributed by atoms with Gasteiger partial charge in [-0.2, -0.15) is 0 Å². The van der Waals surface area contributed by atoms with Crippen LogP contribution >= 0.6 is 24.0 Å². The van der Waals surface area contributed by atoms with Crippen molar-refractivity contribution in [1.82, 2.24) is 15.5 Å². The second-order valence-corrected chi connectivity index (χ2v) is 9.44. The molecule has 1 aliphatic heterocycles. The number of rotatable bonds is 13. The van der Waals surface area contributed by atoms with Crippen molar-refractivity contribution in [3.8, 4) is 0 Å². The van der Waals surface area contributed by atoms with E-state index in [0.29, 0.717) is 25.1 Å². The van der Waals surface area contributed by atoms with Crippen LogP contribution in [0.1, 0.15) is 33.6 Å². The SMILES string of the molecule is CCNC(=NCC(C(CC)CC)N1CCOCC1)NCCOCCS(C)(=O)=O.I. The zero-order valence-corrected chi connectivity index (χ0v) is 21.6. The molecule has 1 rings (SSSR count). The van der Waals surface area contributed by atoms with Crippen molar-refractivity contribution in [3.63, 3.8) is 0 Å². The molecule has 1 unspecified atom stereocenters. The molecule has 174 valence electrons. The maximum absolute atomic E-state index is 11.1. The van der Waals surface area contributed by atoms with E-state index >= 15 is 0 Å². The van der Waals surface area contributed by atoms with Gasteiger partial charge >= 0.3 is 0 Å². The Bertz CT molecular complexity index is 538. The molecular weight excluding hydrogens is 507 g/mol. The summed E-state index contributed by atoms with van der Waals surface area (Å²) in [5.41, 5.74) is 0. The molecule has 1 saturated heterocycles. The molecule has 1 aliphatic rings. The predicted molar refractivity (Wildman–Crippen MR) is 130 cm³/mol. The Hall–Kier alpha value is -0.170. The first-order valence-corrected chi connectivity index (χ1v) is 12.6. The van der Waals surface area contributed by atoms with E-state index in [4.69, 9.17) is 14.5 Å². The van der Waals surface area contributed by atoms with Gasteiger partial charge in [-0.15, -0.1) is 24.0 Å². The monoisotopic (exact) mass is 548 g/mol. The first-order valence-electron chi connectivity index (χ1n) is 10.5. The lowest BCUT2D eigenvalue weighted by molar-refractivity contribution is 0.00395. The molecule has 0 amide bonds. The van der Waals surface area contributed by atoms with Gasteiger partial charge in [-0.05, 0) is 12.8 Å². The average Bonchev–Trinajstić information content (AvgIpc) is 2.67. The van der Waals surface area contributed by atoms with E-state index in [1.54, 1.807) is 0 Å². The highest BCUT2D eigenvalue weighted by Gasteiger charge is 2.26. The molecule has 1 fully saturated rings. The lowest BCUT2D eigenvalue weighted by Gasteiger charge is -2.38. The van der Waals surface area contributed by atoms with Crippen molar-refractivity contribution in [2.24, 2.45) is 10.9 Å². The third-order valence-corrected chi connectivity index (χ3v) is 5.93. The van der Waals surface area contributed by atoms with E-state index in [-0.39, 0.29) is 36.3 Å². The summed E-state index contributed by atoms with van der Waals surface area (Å²) in [5.74, 6) is 1.44. The number of nitrogens with one attached hydrogen (secondary N) is 2. The van der Waals surface area contributed by atoms with Crippen molar-refractivity contribution in [3.05, 3.63) is 0 Å². The molecule has 0 aromatic heterocycles.